The summed E-state index contributed by atoms with van der Waals surface area (Å²) in [4.78, 5) is 29.4. The van der Waals surface area contributed by atoms with E-state index in [9.17, 15) is 9.59 Å². The Morgan fingerprint density at radius 1 is 1.17 bits per heavy atom. The molecule has 6 nitrogen and oxygen atoms in total. The molecule has 30 heavy (non-hydrogen) atoms. The molecule has 7 heteroatoms. The van der Waals surface area contributed by atoms with E-state index in [2.05, 4.69) is 15.2 Å². The molecule has 1 aliphatic heterocycles. The number of amides is 1. The highest BCUT2D eigenvalue weighted by atomic mass is 35.5. The molecule has 0 atom stereocenters. The Balaban J connectivity index is 1.48. The van der Waals surface area contributed by atoms with Crippen LogP contribution in [0.15, 0.2) is 47.3 Å². The number of fused-ring (bicyclic) bond motifs is 1. The van der Waals surface area contributed by atoms with Gasteiger partial charge in [-0.15, -0.1) is 0 Å². The average molecular weight is 426 g/mol. The number of carbonyl (C=O) groups is 1. The number of aromatic nitrogens is 1. The number of nitrogens with one attached hydrogen (secondary N) is 2. The number of hydrogen-bond donors (Lipinski definition) is 2. The molecule has 0 aliphatic carbocycles. The molecule has 0 saturated carbocycles. The standard InChI is InChI=1S/C23H24ClN3O3/c1-15-12-22(28)26-21-14-16(2-4-18(15)21)19-5-3-17(13-20(19)24)23(29)25-6-7-27-8-10-30-11-9-27/h2-5,12-14H,6-11H2,1H3,(H,25,29)(H,26,28). The lowest BCUT2D eigenvalue weighted by atomic mass is 10.0. The van der Waals surface area contributed by atoms with Crippen LogP contribution in [0.3, 0.4) is 0 Å². The lowest BCUT2D eigenvalue weighted by molar-refractivity contribution is 0.0383. The van der Waals surface area contributed by atoms with Crippen molar-refractivity contribution >= 4 is 28.4 Å². The molecule has 0 spiro atoms. The lowest BCUT2D eigenvalue weighted by Gasteiger charge is -2.26. The number of ether oxygens (including phenoxy) is 1. The van der Waals surface area contributed by atoms with Crippen molar-refractivity contribution in [3.05, 3.63) is 69.0 Å². The van der Waals surface area contributed by atoms with Crippen molar-refractivity contribution in [2.45, 2.75) is 6.92 Å². The van der Waals surface area contributed by atoms with Crippen molar-refractivity contribution in [1.82, 2.24) is 15.2 Å². The minimum Gasteiger partial charge on any atom is -0.379 e. The van der Waals surface area contributed by atoms with E-state index >= 15 is 0 Å². The van der Waals surface area contributed by atoms with Crippen molar-refractivity contribution in [2.75, 3.05) is 39.4 Å². The maximum atomic E-state index is 12.5. The van der Waals surface area contributed by atoms with Gasteiger partial charge in [0.25, 0.3) is 5.91 Å². The highest BCUT2D eigenvalue weighted by Gasteiger charge is 2.13. The number of morpholine rings is 1. The van der Waals surface area contributed by atoms with Gasteiger partial charge in [-0.1, -0.05) is 29.8 Å². The number of aryl methyl sites for hydroxylation is 1. The zero-order valence-corrected chi connectivity index (χ0v) is 17.6. The molecule has 1 amide bonds. The minimum absolute atomic E-state index is 0.132. The third kappa shape index (κ3) is 4.56. The van der Waals surface area contributed by atoms with Gasteiger partial charge in [0.1, 0.15) is 0 Å². The fourth-order valence-electron chi connectivity index (χ4n) is 3.75. The summed E-state index contributed by atoms with van der Waals surface area (Å²) in [7, 11) is 0. The summed E-state index contributed by atoms with van der Waals surface area (Å²) in [6, 6.07) is 12.7. The van der Waals surface area contributed by atoms with Crippen LogP contribution < -0.4 is 10.9 Å². The van der Waals surface area contributed by atoms with Gasteiger partial charge in [-0.3, -0.25) is 14.5 Å². The summed E-state index contributed by atoms with van der Waals surface area (Å²) in [6.45, 7) is 6.57. The fraction of sp³-hybridized carbons (Fsp3) is 0.304. The molecule has 2 aromatic carbocycles. The van der Waals surface area contributed by atoms with Crippen molar-refractivity contribution in [3.63, 3.8) is 0 Å². The van der Waals surface area contributed by atoms with Gasteiger partial charge in [0, 0.05) is 59.3 Å². The van der Waals surface area contributed by atoms with Gasteiger partial charge < -0.3 is 15.0 Å². The van der Waals surface area contributed by atoms with Gasteiger partial charge in [-0.2, -0.15) is 0 Å². The second-order valence-electron chi connectivity index (χ2n) is 7.48. The summed E-state index contributed by atoms with van der Waals surface area (Å²) in [5, 5.41) is 4.43. The van der Waals surface area contributed by atoms with Crippen LogP contribution in [-0.2, 0) is 4.74 Å². The van der Waals surface area contributed by atoms with E-state index in [4.69, 9.17) is 16.3 Å². The van der Waals surface area contributed by atoms with E-state index in [0.717, 1.165) is 60.4 Å². The molecular formula is C23H24ClN3O3. The van der Waals surface area contributed by atoms with Crippen LogP contribution in [-0.4, -0.2) is 55.2 Å². The largest absolute Gasteiger partial charge is 0.379 e. The third-order valence-electron chi connectivity index (χ3n) is 5.41. The first-order valence-corrected chi connectivity index (χ1v) is 10.4. The van der Waals surface area contributed by atoms with Crippen LogP contribution in [0.1, 0.15) is 15.9 Å². The van der Waals surface area contributed by atoms with Crippen LogP contribution in [0.4, 0.5) is 0 Å². The molecule has 1 aromatic heterocycles. The Morgan fingerprint density at radius 2 is 1.97 bits per heavy atom. The number of nitrogens with zero attached hydrogens (tertiary/aromatic N) is 1. The van der Waals surface area contributed by atoms with Gasteiger partial charge in [-0.25, -0.2) is 0 Å². The quantitative estimate of drug-likeness (QED) is 0.658. The molecule has 1 fully saturated rings. The maximum absolute atomic E-state index is 12.5. The third-order valence-corrected chi connectivity index (χ3v) is 5.72. The Labute approximate surface area is 179 Å². The van der Waals surface area contributed by atoms with Gasteiger partial charge in [0.05, 0.1) is 13.2 Å². The van der Waals surface area contributed by atoms with Gasteiger partial charge in [0.15, 0.2) is 0 Å². The highest BCUT2D eigenvalue weighted by Crippen LogP contribution is 2.31. The smallest absolute Gasteiger partial charge is 0.251 e. The number of benzene rings is 2. The summed E-state index contributed by atoms with van der Waals surface area (Å²) in [6.07, 6.45) is 0. The molecule has 0 unspecified atom stereocenters. The number of halogens is 1. The average Bonchev–Trinajstić information content (AvgIpc) is 2.73. The number of H-pyrrole nitrogens is 1. The number of carbonyl (C=O) groups excluding carboxylic acids is 1. The Kier molecular flexibility index (Phi) is 6.18. The molecular weight excluding hydrogens is 402 g/mol. The molecule has 0 bridgehead atoms. The highest BCUT2D eigenvalue weighted by molar-refractivity contribution is 6.33. The van der Waals surface area contributed by atoms with Gasteiger partial charge >= 0.3 is 0 Å². The normalized spacial score (nSPS) is 14.7. The van der Waals surface area contributed by atoms with E-state index < -0.39 is 0 Å². The van der Waals surface area contributed by atoms with Crippen molar-refractivity contribution in [2.24, 2.45) is 0 Å². The molecule has 1 aliphatic rings. The molecule has 4 rings (SSSR count). The zero-order valence-electron chi connectivity index (χ0n) is 16.8. The second-order valence-corrected chi connectivity index (χ2v) is 7.89. The summed E-state index contributed by atoms with van der Waals surface area (Å²) in [5.74, 6) is -0.143. The summed E-state index contributed by atoms with van der Waals surface area (Å²) < 4.78 is 5.33. The number of aromatic amines is 1. The summed E-state index contributed by atoms with van der Waals surface area (Å²) in [5.41, 5.74) is 3.77. The molecule has 2 N–H and O–H groups in total. The molecule has 0 radical (unpaired) electrons. The lowest BCUT2D eigenvalue weighted by Crippen LogP contribution is -2.41. The zero-order chi connectivity index (χ0) is 21.1. The predicted molar refractivity (Wildman–Crippen MR) is 119 cm³/mol. The van der Waals surface area contributed by atoms with Crippen LogP contribution in [0.25, 0.3) is 22.0 Å². The van der Waals surface area contributed by atoms with Crippen LogP contribution in [0, 0.1) is 6.92 Å². The minimum atomic E-state index is -0.143. The van der Waals surface area contributed by atoms with Crippen LogP contribution in [0.2, 0.25) is 5.02 Å². The van der Waals surface area contributed by atoms with Crippen molar-refractivity contribution in [3.8, 4) is 11.1 Å². The number of rotatable bonds is 5. The molecule has 156 valence electrons. The fourth-order valence-corrected chi connectivity index (χ4v) is 4.04. The Hall–Kier alpha value is -2.67. The molecule has 2 heterocycles. The predicted octanol–water partition coefficient (Wildman–Crippen LogP) is 3.22. The van der Waals surface area contributed by atoms with E-state index in [-0.39, 0.29) is 11.5 Å². The maximum Gasteiger partial charge on any atom is 0.251 e. The van der Waals surface area contributed by atoms with Crippen LogP contribution >= 0.6 is 11.6 Å². The van der Waals surface area contributed by atoms with Gasteiger partial charge in [-0.05, 0) is 36.2 Å². The molecule has 1 saturated heterocycles. The SMILES string of the molecule is Cc1cc(=O)[nH]c2cc(-c3ccc(C(=O)NCCN4CCOCC4)cc3Cl)ccc12. The van der Waals surface area contributed by atoms with E-state index in [0.29, 0.717) is 17.1 Å². The first-order chi connectivity index (χ1) is 14.5. The van der Waals surface area contributed by atoms with Gasteiger partial charge in [0.2, 0.25) is 5.56 Å². The Bertz CT molecular complexity index is 1140. The monoisotopic (exact) mass is 425 g/mol. The topological polar surface area (TPSA) is 74.4 Å². The Morgan fingerprint density at radius 3 is 2.73 bits per heavy atom. The van der Waals surface area contributed by atoms with E-state index in [1.165, 1.54) is 0 Å². The van der Waals surface area contributed by atoms with Crippen molar-refractivity contribution < 1.29 is 9.53 Å². The number of hydrogen-bond acceptors (Lipinski definition) is 4. The van der Waals surface area contributed by atoms with Crippen molar-refractivity contribution in [1.29, 1.82) is 0 Å². The first-order valence-electron chi connectivity index (χ1n) is 10.0. The van der Waals surface area contributed by atoms with Crippen LogP contribution in [0.5, 0.6) is 0 Å². The first kappa shape index (κ1) is 20.6. The second kappa shape index (κ2) is 9.00. The number of pyridine rings is 1. The summed E-state index contributed by atoms with van der Waals surface area (Å²) >= 11 is 6.50. The van der Waals surface area contributed by atoms with E-state index in [1.807, 2.05) is 31.2 Å². The molecule has 3 aromatic rings. The van der Waals surface area contributed by atoms with E-state index in [1.54, 1.807) is 18.2 Å².